The van der Waals surface area contributed by atoms with E-state index in [1.807, 2.05) is 79.7 Å². The molecule has 0 amide bonds. The number of allylic oxidation sites excluding steroid dienone is 5. The Morgan fingerprint density at radius 2 is 1.27 bits per heavy atom. The number of nitrogens with two attached hydrogens (primary N) is 1. The van der Waals surface area contributed by atoms with Gasteiger partial charge < -0.3 is 5.73 Å². The van der Waals surface area contributed by atoms with E-state index in [1.54, 1.807) is 24.8 Å². The zero-order valence-electron chi connectivity index (χ0n) is 37.4. The molecule has 0 saturated carbocycles. The molecular formula is C60H52N6. The van der Waals surface area contributed by atoms with Crippen molar-refractivity contribution in [3.8, 4) is 33.4 Å². The molecule has 1 aliphatic carbocycles. The third kappa shape index (κ3) is 9.51. The van der Waals surface area contributed by atoms with E-state index in [0.29, 0.717) is 18.2 Å². The summed E-state index contributed by atoms with van der Waals surface area (Å²) in [5.74, 6) is 0.998. The number of benzene rings is 6. The fourth-order valence-corrected chi connectivity index (χ4v) is 8.66. The molecule has 2 atom stereocenters. The summed E-state index contributed by atoms with van der Waals surface area (Å²) in [5.41, 5.74) is 20.7. The van der Waals surface area contributed by atoms with Crippen LogP contribution in [-0.4, -0.2) is 28.4 Å². The van der Waals surface area contributed by atoms with Gasteiger partial charge >= 0.3 is 0 Å². The molecule has 0 bridgehead atoms. The van der Waals surface area contributed by atoms with Gasteiger partial charge in [-0.2, -0.15) is 0 Å². The van der Waals surface area contributed by atoms with Crippen LogP contribution >= 0.6 is 0 Å². The van der Waals surface area contributed by atoms with Crippen LogP contribution < -0.4 is 5.73 Å². The summed E-state index contributed by atoms with van der Waals surface area (Å²) < 4.78 is 0. The van der Waals surface area contributed by atoms with Crippen molar-refractivity contribution in [2.45, 2.75) is 31.8 Å². The quantitative estimate of drug-likeness (QED) is 0.0798. The lowest BCUT2D eigenvalue weighted by Crippen LogP contribution is -2.29. The van der Waals surface area contributed by atoms with Gasteiger partial charge in [0.25, 0.3) is 0 Å². The maximum absolute atomic E-state index is 5.61. The number of pyridine rings is 2. The van der Waals surface area contributed by atoms with E-state index in [4.69, 9.17) is 15.7 Å². The number of aliphatic imine (C=N–C) groups is 3. The second-order valence-corrected chi connectivity index (χ2v) is 16.0. The van der Waals surface area contributed by atoms with Crippen molar-refractivity contribution >= 4 is 18.4 Å². The Hall–Kier alpha value is -8.19. The monoisotopic (exact) mass is 856 g/mol. The van der Waals surface area contributed by atoms with Crippen LogP contribution in [0.2, 0.25) is 0 Å². The normalized spacial score (nSPS) is 15.0. The van der Waals surface area contributed by atoms with E-state index in [-0.39, 0.29) is 6.04 Å². The predicted molar refractivity (Wildman–Crippen MR) is 276 cm³/mol. The second kappa shape index (κ2) is 21.0. The smallest absolute Gasteiger partial charge is 0.161 e. The van der Waals surface area contributed by atoms with E-state index < -0.39 is 5.41 Å². The van der Waals surface area contributed by atoms with Crippen LogP contribution in [0, 0.1) is 0 Å². The maximum Gasteiger partial charge on any atom is 0.161 e. The summed E-state index contributed by atoms with van der Waals surface area (Å²) in [6.07, 6.45) is 15.4. The minimum absolute atomic E-state index is 0.159. The van der Waals surface area contributed by atoms with Crippen molar-refractivity contribution in [1.29, 1.82) is 0 Å². The van der Waals surface area contributed by atoms with Crippen LogP contribution in [0.3, 0.4) is 0 Å². The lowest BCUT2D eigenvalue weighted by molar-refractivity contribution is 0.767. The van der Waals surface area contributed by atoms with Crippen molar-refractivity contribution in [3.05, 3.63) is 276 Å². The van der Waals surface area contributed by atoms with E-state index >= 15 is 0 Å². The highest BCUT2D eigenvalue weighted by molar-refractivity contribution is 6.13. The molecule has 0 aliphatic heterocycles. The fourth-order valence-electron chi connectivity index (χ4n) is 8.66. The second-order valence-electron chi connectivity index (χ2n) is 16.0. The van der Waals surface area contributed by atoms with E-state index in [0.717, 1.165) is 38.9 Å². The Labute approximate surface area is 388 Å². The highest BCUT2D eigenvalue weighted by atomic mass is 15.0. The average Bonchev–Trinajstić information content (AvgIpc) is 3.68. The topological polar surface area (TPSA) is 88.9 Å². The van der Waals surface area contributed by atoms with Gasteiger partial charge in [0.15, 0.2) is 11.7 Å². The number of hydrogen-bond acceptors (Lipinski definition) is 4. The summed E-state index contributed by atoms with van der Waals surface area (Å²) in [7, 11) is 0. The number of hydrogen-bond donors (Lipinski definition) is 1. The minimum Gasteiger partial charge on any atom is -0.324 e. The minimum atomic E-state index is -0.493. The highest BCUT2D eigenvalue weighted by Crippen LogP contribution is 2.57. The van der Waals surface area contributed by atoms with Gasteiger partial charge in [-0.15, -0.1) is 0 Å². The van der Waals surface area contributed by atoms with E-state index in [1.165, 1.54) is 39.0 Å². The first-order chi connectivity index (χ1) is 32.4. The fraction of sp³-hybridized carbons (Fsp3) is 0.0833. The zero-order chi connectivity index (χ0) is 45.7. The summed E-state index contributed by atoms with van der Waals surface area (Å²) in [6, 6.07) is 61.4. The Morgan fingerprint density at radius 1 is 0.636 bits per heavy atom. The summed E-state index contributed by atoms with van der Waals surface area (Å²) in [6.45, 7) is 12.5. The molecule has 6 nitrogen and oxygen atoms in total. The SMILES string of the molecule is C=C/C=C(\C=C/C)C1(c2ccccc2)c2ccccc2-c2cc(-c3cccc(-c4cccc(C(N=C)=NC(=NCc5cccnc5)c5cccnc5)c4)c3)ccc21.CC(N)c1ccccc1. The first-order valence-corrected chi connectivity index (χ1v) is 22.1. The molecule has 2 unspecified atom stereocenters. The summed E-state index contributed by atoms with van der Waals surface area (Å²) in [4.78, 5) is 22.7. The van der Waals surface area contributed by atoms with Gasteiger partial charge in [-0.05, 0) is 124 Å². The lowest BCUT2D eigenvalue weighted by Gasteiger charge is -2.34. The first-order valence-electron chi connectivity index (χ1n) is 22.1. The van der Waals surface area contributed by atoms with Crippen molar-refractivity contribution in [2.75, 3.05) is 0 Å². The van der Waals surface area contributed by atoms with Gasteiger partial charge in [0.2, 0.25) is 0 Å². The van der Waals surface area contributed by atoms with Crippen LogP contribution in [0.5, 0.6) is 0 Å². The largest absolute Gasteiger partial charge is 0.324 e. The number of nitrogens with zero attached hydrogens (tertiary/aromatic N) is 5. The van der Waals surface area contributed by atoms with E-state index in [9.17, 15) is 0 Å². The zero-order valence-corrected chi connectivity index (χ0v) is 37.4. The van der Waals surface area contributed by atoms with Gasteiger partial charge in [0, 0.05) is 42.0 Å². The number of fused-ring (bicyclic) bond motifs is 3. The molecule has 2 heterocycles. The third-order valence-corrected chi connectivity index (χ3v) is 11.7. The molecule has 8 aromatic rings. The van der Waals surface area contributed by atoms with Crippen molar-refractivity contribution in [2.24, 2.45) is 20.7 Å². The van der Waals surface area contributed by atoms with Crippen LogP contribution in [0.4, 0.5) is 0 Å². The molecule has 1 aliphatic rings. The average molecular weight is 857 g/mol. The molecule has 2 aromatic heterocycles. The van der Waals surface area contributed by atoms with Crippen LogP contribution in [-0.2, 0) is 12.0 Å². The molecule has 0 fully saturated rings. The van der Waals surface area contributed by atoms with Gasteiger partial charge in [-0.3, -0.25) is 15.0 Å². The van der Waals surface area contributed by atoms with Crippen molar-refractivity contribution < 1.29 is 0 Å². The highest BCUT2D eigenvalue weighted by Gasteiger charge is 2.46. The van der Waals surface area contributed by atoms with E-state index in [2.05, 4.69) is 163 Å². The lowest BCUT2D eigenvalue weighted by atomic mass is 9.67. The molecule has 0 saturated heterocycles. The number of amidine groups is 2. The van der Waals surface area contributed by atoms with Crippen molar-refractivity contribution in [3.63, 3.8) is 0 Å². The van der Waals surface area contributed by atoms with Gasteiger partial charge in [-0.1, -0.05) is 170 Å². The molecule has 6 heteroatoms. The maximum atomic E-state index is 5.61. The number of aromatic nitrogens is 2. The third-order valence-electron chi connectivity index (χ3n) is 11.7. The molecule has 2 N–H and O–H groups in total. The molecule has 0 radical (unpaired) electrons. The Morgan fingerprint density at radius 3 is 1.92 bits per heavy atom. The van der Waals surface area contributed by atoms with Crippen LogP contribution in [0.15, 0.2) is 252 Å². The molecule has 6 aromatic carbocycles. The molecular weight excluding hydrogens is 805 g/mol. The van der Waals surface area contributed by atoms with Gasteiger partial charge in [0.05, 0.1) is 12.0 Å². The molecule has 9 rings (SSSR count). The molecule has 322 valence electrons. The summed E-state index contributed by atoms with van der Waals surface area (Å²) in [5, 5.41) is 0. The van der Waals surface area contributed by atoms with Gasteiger partial charge in [-0.25, -0.2) is 9.98 Å². The van der Waals surface area contributed by atoms with Crippen LogP contribution in [0.25, 0.3) is 33.4 Å². The predicted octanol–water partition coefficient (Wildman–Crippen LogP) is 13.6. The van der Waals surface area contributed by atoms with Crippen molar-refractivity contribution in [1.82, 2.24) is 9.97 Å². The first kappa shape index (κ1) is 44.4. The van der Waals surface area contributed by atoms with Crippen LogP contribution in [0.1, 0.15) is 58.8 Å². The Kier molecular flexibility index (Phi) is 14.1. The Balaban J connectivity index is 0.000000590. The Bertz CT molecular complexity index is 3060. The molecule has 0 spiro atoms. The number of rotatable bonds is 11. The van der Waals surface area contributed by atoms with Gasteiger partial charge in [0.1, 0.15) is 0 Å². The summed E-state index contributed by atoms with van der Waals surface area (Å²) >= 11 is 0. The molecule has 66 heavy (non-hydrogen) atoms. The standard InChI is InChI=1S/C52H41N5.C8H11N/c1-4-15-44(16-5-2)52(45-23-7-6-8-24-45)48-26-10-9-25-46(48)47-33-41(27-28-49(47)52)39-19-11-18-38(31-39)40-20-12-21-42(32-40)50(53-3)57-51(43-22-14-30-55-36-43)56-35-37-17-13-29-54-34-37;1-7(9)8-5-3-2-4-6-8/h4-34,36H,1,3,35H2,2H3;2-7H,9H2,1H3/b16-5-,44-15+,56-51?,57-50?;.